The largest absolute Gasteiger partial charge is 0.455 e. The third kappa shape index (κ3) is 3.99. The molecule has 1 amide bonds. The Morgan fingerprint density at radius 2 is 1.75 bits per heavy atom. The van der Waals surface area contributed by atoms with Crippen molar-refractivity contribution < 1.29 is 22.8 Å². The number of aromatic nitrogens is 2. The maximum atomic E-state index is 12.6. The zero-order valence-corrected chi connectivity index (χ0v) is 15.8. The highest BCUT2D eigenvalue weighted by Gasteiger charge is 2.40. The van der Waals surface area contributed by atoms with Crippen LogP contribution in [0.3, 0.4) is 0 Å². The lowest BCUT2D eigenvalue weighted by atomic mass is 10.1. The van der Waals surface area contributed by atoms with Gasteiger partial charge in [-0.3, -0.25) is 14.7 Å². The van der Waals surface area contributed by atoms with Crippen molar-refractivity contribution in [2.45, 2.75) is 19.1 Å². The van der Waals surface area contributed by atoms with E-state index in [-0.39, 0.29) is 4.88 Å². The fourth-order valence-electron chi connectivity index (χ4n) is 2.58. The molecule has 0 aliphatic rings. The van der Waals surface area contributed by atoms with E-state index in [1.165, 1.54) is 11.0 Å². The molecule has 0 saturated heterocycles. The van der Waals surface area contributed by atoms with Gasteiger partial charge in [0.15, 0.2) is 0 Å². The summed E-state index contributed by atoms with van der Waals surface area (Å²) in [6, 6.07) is 13.2. The van der Waals surface area contributed by atoms with Crippen molar-refractivity contribution in [3.8, 4) is 11.3 Å². The van der Waals surface area contributed by atoms with Crippen molar-refractivity contribution in [1.82, 2.24) is 15.1 Å². The molecule has 0 radical (unpaired) electrons. The minimum absolute atomic E-state index is 0.0600. The maximum absolute atomic E-state index is 12.6. The number of nitrogens with zero attached hydrogens (tertiary/aromatic N) is 2. The molecule has 0 saturated carbocycles. The number of aromatic amines is 1. The molecule has 0 aliphatic heterocycles. The molecular weight excluding hydrogens is 391 g/mol. The van der Waals surface area contributed by atoms with Gasteiger partial charge in [0.25, 0.3) is 11.7 Å². The number of carbonyl (C=O) groups is 2. The number of ketones is 1. The lowest BCUT2D eigenvalue weighted by Crippen LogP contribution is -2.29. The molecule has 1 unspecified atom stereocenters. The number of Topliss-reactive ketones (excluding diaryl/α,β-unsaturated/α-hetero) is 1. The Hall–Kier alpha value is -2.94. The SMILES string of the molecule is CC(c1cc(-c2ccccc2)n[nH]1)N(C)C(=O)c1ccc(C(=O)C(F)(F)F)s1. The standard InChI is InChI=1S/C19H16F3N3O2S/c1-11(13-10-14(24-23-13)12-6-4-3-5-7-12)25(2)18(27)16-9-8-15(28-16)17(26)19(20,21)22/h3-11H,1-2H3,(H,23,24). The number of nitrogens with one attached hydrogen (secondary N) is 1. The molecule has 28 heavy (non-hydrogen) atoms. The molecule has 2 heterocycles. The van der Waals surface area contributed by atoms with E-state index >= 15 is 0 Å². The zero-order valence-electron chi connectivity index (χ0n) is 14.9. The lowest BCUT2D eigenvalue weighted by molar-refractivity contribution is -0.0882. The van der Waals surface area contributed by atoms with Gasteiger partial charge in [-0.25, -0.2) is 0 Å². The number of hydrogen-bond donors (Lipinski definition) is 1. The second-order valence-electron chi connectivity index (χ2n) is 6.16. The van der Waals surface area contributed by atoms with E-state index in [1.54, 1.807) is 14.0 Å². The molecule has 5 nitrogen and oxygen atoms in total. The third-order valence-corrected chi connectivity index (χ3v) is 5.39. The van der Waals surface area contributed by atoms with Gasteiger partial charge in [-0.2, -0.15) is 18.3 Å². The van der Waals surface area contributed by atoms with Crippen LogP contribution in [0.4, 0.5) is 13.2 Å². The number of carbonyl (C=O) groups excluding carboxylic acids is 2. The number of benzene rings is 1. The first kappa shape index (κ1) is 19.8. The third-order valence-electron chi connectivity index (χ3n) is 4.32. The topological polar surface area (TPSA) is 66.1 Å². The Bertz CT molecular complexity index is 995. The first-order chi connectivity index (χ1) is 13.2. The van der Waals surface area contributed by atoms with Crippen molar-refractivity contribution in [2.24, 2.45) is 0 Å². The molecule has 9 heteroatoms. The molecule has 3 aromatic rings. The van der Waals surface area contributed by atoms with E-state index in [0.717, 1.165) is 17.3 Å². The summed E-state index contributed by atoms with van der Waals surface area (Å²) < 4.78 is 37.6. The maximum Gasteiger partial charge on any atom is 0.455 e. The number of rotatable bonds is 5. The normalized spacial score (nSPS) is 12.6. The van der Waals surface area contributed by atoms with Gasteiger partial charge >= 0.3 is 6.18 Å². The average Bonchev–Trinajstić information content (AvgIpc) is 3.35. The molecule has 1 aromatic carbocycles. The summed E-state index contributed by atoms with van der Waals surface area (Å²) in [4.78, 5) is 24.9. The van der Waals surface area contributed by atoms with E-state index < -0.39 is 28.8 Å². The van der Waals surface area contributed by atoms with Crippen LogP contribution in [0.2, 0.25) is 0 Å². The predicted octanol–water partition coefficient (Wildman–Crippen LogP) is 4.72. The van der Waals surface area contributed by atoms with Crippen molar-refractivity contribution in [3.63, 3.8) is 0 Å². The molecule has 1 atom stereocenters. The highest BCUT2D eigenvalue weighted by molar-refractivity contribution is 7.16. The minimum atomic E-state index is -4.96. The smallest absolute Gasteiger partial charge is 0.333 e. The van der Waals surface area contributed by atoms with Gasteiger partial charge in [0.2, 0.25) is 0 Å². The monoisotopic (exact) mass is 407 g/mol. The summed E-state index contributed by atoms with van der Waals surface area (Å²) in [6.07, 6.45) is -4.96. The summed E-state index contributed by atoms with van der Waals surface area (Å²) >= 11 is 0.532. The number of H-pyrrole nitrogens is 1. The van der Waals surface area contributed by atoms with Crippen molar-refractivity contribution in [2.75, 3.05) is 7.05 Å². The summed E-state index contributed by atoms with van der Waals surface area (Å²) in [7, 11) is 1.54. The Balaban J connectivity index is 1.76. The highest BCUT2D eigenvalue weighted by atomic mass is 32.1. The number of thiophene rings is 1. The van der Waals surface area contributed by atoms with E-state index in [0.29, 0.717) is 17.0 Å². The van der Waals surface area contributed by atoms with Gasteiger partial charge in [-0.05, 0) is 25.1 Å². The van der Waals surface area contributed by atoms with Crippen LogP contribution in [0, 0.1) is 0 Å². The molecule has 0 bridgehead atoms. The fraction of sp³-hybridized carbons (Fsp3) is 0.211. The summed E-state index contributed by atoms with van der Waals surface area (Å²) in [5, 5.41) is 7.14. The second-order valence-corrected chi connectivity index (χ2v) is 7.24. The molecule has 1 N–H and O–H groups in total. The Kier molecular flexibility index (Phi) is 5.37. The number of halogens is 3. The van der Waals surface area contributed by atoms with E-state index in [2.05, 4.69) is 10.2 Å². The van der Waals surface area contributed by atoms with Crippen LogP contribution in [0.25, 0.3) is 11.3 Å². The Morgan fingerprint density at radius 1 is 1.11 bits per heavy atom. The lowest BCUT2D eigenvalue weighted by Gasteiger charge is -2.23. The van der Waals surface area contributed by atoms with Crippen LogP contribution in [-0.2, 0) is 0 Å². The van der Waals surface area contributed by atoms with Crippen LogP contribution in [0.1, 0.15) is 38.0 Å². The van der Waals surface area contributed by atoms with E-state index in [4.69, 9.17) is 0 Å². The number of amides is 1. The zero-order chi connectivity index (χ0) is 20.5. The molecule has 0 aliphatic carbocycles. The summed E-state index contributed by atoms with van der Waals surface area (Å²) in [6.45, 7) is 1.77. The van der Waals surface area contributed by atoms with Crippen LogP contribution in [0.5, 0.6) is 0 Å². The molecular formula is C19H16F3N3O2S. The highest BCUT2D eigenvalue weighted by Crippen LogP contribution is 2.29. The van der Waals surface area contributed by atoms with Gasteiger partial charge < -0.3 is 4.90 Å². The van der Waals surface area contributed by atoms with Crippen LogP contribution in [-0.4, -0.2) is 40.0 Å². The quantitative estimate of drug-likeness (QED) is 0.623. The van der Waals surface area contributed by atoms with Gasteiger partial charge in [0.05, 0.1) is 27.2 Å². The van der Waals surface area contributed by atoms with Crippen molar-refractivity contribution >= 4 is 23.0 Å². The first-order valence-corrected chi connectivity index (χ1v) is 9.09. The molecule has 146 valence electrons. The Labute approximate surface area is 162 Å². The predicted molar refractivity (Wildman–Crippen MR) is 99.2 cm³/mol. The van der Waals surface area contributed by atoms with Crippen LogP contribution < -0.4 is 0 Å². The fourth-order valence-corrected chi connectivity index (χ4v) is 3.53. The molecule has 3 rings (SSSR count). The van der Waals surface area contributed by atoms with Gasteiger partial charge in [-0.15, -0.1) is 11.3 Å². The average molecular weight is 407 g/mol. The summed E-state index contributed by atoms with van der Waals surface area (Å²) in [5.74, 6) is -2.43. The summed E-state index contributed by atoms with van der Waals surface area (Å²) in [5.41, 5.74) is 2.31. The van der Waals surface area contributed by atoms with Crippen molar-refractivity contribution in [3.05, 3.63) is 64.0 Å². The molecule has 2 aromatic heterocycles. The minimum Gasteiger partial charge on any atom is -0.333 e. The van der Waals surface area contributed by atoms with Crippen LogP contribution >= 0.6 is 11.3 Å². The van der Waals surface area contributed by atoms with E-state index in [9.17, 15) is 22.8 Å². The van der Waals surface area contributed by atoms with Gasteiger partial charge in [0, 0.05) is 12.6 Å². The van der Waals surface area contributed by atoms with Crippen LogP contribution in [0.15, 0.2) is 48.5 Å². The van der Waals surface area contributed by atoms with Crippen molar-refractivity contribution in [1.29, 1.82) is 0 Å². The van der Waals surface area contributed by atoms with Gasteiger partial charge in [0.1, 0.15) is 0 Å². The Morgan fingerprint density at radius 3 is 2.39 bits per heavy atom. The number of hydrogen-bond acceptors (Lipinski definition) is 4. The molecule has 0 fully saturated rings. The number of alkyl halides is 3. The van der Waals surface area contributed by atoms with Gasteiger partial charge in [-0.1, -0.05) is 30.3 Å². The second kappa shape index (κ2) is 7.59. The first-order valence-electron chi connectivity index (χ1n) is 8.27. The van der Waals surface area contributed by atoms with E-state index in [1.807, 2.05) is 36.4 Å². The molecule has 0 spiro atoms.